The lowest BCUT2D eigenvalue weighted by Crippen LogP contribution is -2.54. The van der Waals surface area contributed by atoms with Gasteiger partial charge in [0.05, 0.1) is 20.8 Å². The molecule has 5 rings (SSSR count). The molecule has 4 bridgehead atoms. The molecule has 0 spiro atoms. The number of aryl methyl sites for hydroxylation is 1. The molecule has 3 aromatic rings. The van der Waals surface area contributed by atoms with Crippen LogP contribution >= 0.6 is 0 Å². The van der Waals surface area contributed by atoms with Gasteiger partial charge in [0.1, 0.15) is 23.6 Å². The van der Waals surface area contributed by atoms with E-state index in [1.807, 2.05) is 30.3 Å². The summed E-state index contributed by atoms with van der Waals surface area (Å²) in [6, 6.07) is 17.6. The zero-order valence-electron chi connectivity index (χ0n) is 28.9. The molecule has 0 saturated carbocycles. The number of fused-ring (bicyclic) bond motifs is 18. The summed E-state index contributed by atoms with van der Waals surface area (Å²) < 4.78 is 17.1. The van der Waals surface area contributed by atoms with Crippen molar-refractivity contribution in [1.29, 1.82) is 0 Å². The number of nitrogens with one attached hydrogen (secondary N) is 4. The van der Waals surface area contributed by atoms with Crippen molar-refractivity contribution in [2.24, 2.45) is 0 Å². The van der Waals surface area contributed by atoms with E-state index in [0.29, 0.717) is 59.9 Å². The Balaban J connectivity index is 1.57. The summed E-state index contributed by atoms with van der Waals surface area (Å²) in [4.78, 5) is 66.5. The van der Waals surface area contributed by atoms with Crippen molar-refractivity contribution in [3.63, 3.8) is 0 Å². The fourth-order valence-corrected chi connectivity index (χ4v) is 5.39. The van der Waals surface area contributed by atoms with E-state index in [4.69, 9.17) is 14.2 Å². The van der Waals surface area contributed by atoms with Crippen molar-refractivity contribution in [3.8, 4) is 23.0 Å². The van der Waals surface area contributed by atoms with Crippen LogP contribution in [0.2, 0.25) is 0 Å². The molecule has 0 aliphatic carbocycles. The number of carbonyl (C=O) groups excluding carboxylic acids is 5. The second kappa shape index (κ2) is 18.2. The number of nitrogens with zero attached hydrogens (tertiary/aromatic N) is 1. The van der Waals surface area contributed by atoms with E-state index in [9.17, 15) is 24.0 Å². The predicted molar refractivity (Wildman–Crippen MR) is 186 cm³/mol. The summed E-state index contributed by atoms with van der Waals surface area (Å²) in [5.41, 5.74) is 1.99. The molecule has 2 atom stereocenters. The fourth-order valence-electron chi connectivity index (χ4n) is 5.39. The van der Waals surface area contributed by atoms with E-state index in [2.05, 4.69) is 21.3 Å². The lowest BCUT2D eigenvalue weighted by molar-refractivity contribution is -0.136. The van der Waals surface area contributed by atoms with Crippen molar-refractivity contribution in [1.82, 2.24) is 26.2 Å². The van der Waals surface area contributed by atoms with Crippen LogP contribution < -0.4 is 35.5 Å². The molecule has 0 aromatic heterocycles. The molecule has 5 amide bonds. The highest BCUT2D eigenvalue weighted by Gasteiger charge is 2.26. The number of amides is 5. The number of rotatable bonds is 5. The number of hydrogen-bond acceptors (Lipinski definition) is 8. The van der Waals surface area contributed by atoms with Gasteiger partial charge in [-0.25, -0.2) is 0 Å². The molecule has 0 unspecified atom stereocenters. The van der Waals surface area contributed by atoms with Gasteiger partial charge in [-0.3, -0.25) is 24.0 Å². The molecule has 2 aliphatic rings. The summed E-state index contributed by atoms with van der Waals surface area (Å²) in [6.07, 6.45) is 1.84. The number of benzene rings is 3. The molecular formula is C37H45N5O8. The van der Waals surface area contributed by atoms with Gasteiger partial charge in [0, 0.05) is 43.8 Å². The van der Waals surface area contributed by atoms with Crippen molar-refractivity contribution in [3.05, 3.63) is 83.4 Å². The van der Waals surface area contributed by atoms with Gasteiger partial charge >= 0.3 is 0 Å². The first-order valence-electron chi connectivity index (χ1n) is 16.6. The molecule has 13 nitrogen and oxygen atoms in total. The zero-order valence-corrected chi connectivity index (χ0v) is 28.9. The van der Waals surface area contributed by atoms with Crippen LogP contribution in [0.1, 0.15) is 54.6 Å². The van der Waals surface area contributed by atoms with Crippen LogP contribution in [0.4, 0.5) is 0 Å². The Kier molecular flexibility index (Phi) is 13.6. The first-order chi connectivity index (χ1) is 24.1. The summed E-state index contributed by atoms with van der Waals surface area (Å²) >= 11 is 0. The standard InChI is InChI=1S/C37H45N5O8/c1-24-35(45)39-22-28-13-15-29(21-32(28)49-4)50-33-20-27(14-17-31(33)48-3)36(46)38-18-8-9-19-42(25(2)43)23-34(44)41-30(37(47)40-24)16-12-26-10-6-5-7-11-26/h5-7,10-11,13-15,17,20-21,24,30H,8-9,12,16,18-19,22-23H2,1-4H3,(H,38,46)(H,39,45)(H,40,47)(H,41,44)/t24-,30-/m0/s1. The Morgan fingerprint density at radius 2 is 1.64 bits per heavy atom. The summed E-state index contributed by atoms with van der Waals surface area (Å²) in [6.45, 7) is 3.39. The third kappa shape index (κ3) is 10.7. The average Bonchev–Trinajstić information content (AvgIpc) is 3.11. The lowest BCUT2D eigenvalue weighted by atomic mass is 10.0. The molecule has 13 heteroatoms. The maximum absolute atomic E-state index is 13.5. The van der Waals surface area contributed by atoms with Crippen molar-refractivity contribution < 1.29 is 38.2 Å². The average molecular weight is 688 g/mol. The Bertz CT molecular complexity index is 1660. The van der Waals surface area contributed by atoms with Crippen LogP contribution in [0, 0.1) is 0 Å². The van der Waals surface area contributed by atoms with Crippen molar-refractivity contribution in [2.45, 2.75) is 58.2 Å². The summed E-state index contributed by atoms with van der Waals surface area (Å²) in [5.74, 6) is -0.489. The number of carbonyl (C=O) groups is 5. The van der Waals surface area contributed by atoms with Crippen LogP contribution in [0.3, 0.4) is 0 Å². The SMILES string of the molecule is COc1cc2ccc1CNC(=O)[C@H](C)NC(=O)[C@H](CCc1ccccc1)NC(=O)CN(C(C)=O)CCCCNC(=O)c1ccc(OC)c(c1)O2. The van der Waals surface area contributed by atoms with Gasteiger partial charge in [-0.1, -0.05) is 30.3 Å². The minimum Gasteiger partial charge on any atom is -0.496 e. The smallest absolute Gasteiger partial charge is 0.251 e. The molecule has 2 heterocycles. The molecule has 50 heavy (non-hydrogen) atoms. The van der Waals surface area contributed by atoms with E-state index < -0.39 is 29.8 Å². The van der Waals surface area contributed by atoms with E-state index in [-0.39, 0.29) is 37.9 Å². The minimum atomic E-state index is -0.958. The Morgan fingerprint density at radius 3 is 2.36 bits per heavy atom. The van der Waals surface area contributed by atoms with Gasteiger partial charge < -0.3 is 40.4 Å². The van der Waals surface area contributed by atoms with Crippen LogP contribution in [0.25, 0.3) is 0 Å². The van der Waals surface area contributed by atoms with Gasteiger partial charge in [-0.05, 0) is 68.5 Å². The zero-order chi connectivity index (χ0) is 36.0. The Hall–Kier alpha value is -5.59. The quantitative estimate of drug-likeness (QED) is 0.298. The molecular weight excluding hydrogens is 642 g/mol. The molecule has 4 N–H and O–H groups in total. The van der Waals surface area contributed by atoms with Gasteiger partial charge in [0.15, 0.2) is 11.5 Å². The fraction of sp³-hybridized carbons (Fsp3) is 0.378. The number of ether oxygens (including phenoxy) is 3. The van der Waals surface area contributed by atoms with Gasteiger partial charge in [0.2, 0.25) is 23.6 Å². The molecule has 266 valence electrons. The third-order valence-electron chi connectivity index (χ3n) is 8.25. The second-order valence-electron chi connectivity index (χ2n) is 11.9. The van der Waals surface area contributed by atoms with E-state index in [0.717, 1.165) is 5.56 Å². The van der Waals surface area contributed by atoms with Crippen LogP contribution in [0.15, 0.2) is 66.7 Å². The summed E-state index contributed by atoms with van der Waals surface area (Å²) in [7, 11) is 2.99. The van der Waals surface area contributed by atoms with Gasteiger partial charge in [-0.15, -0.1) is 0 Å². The molecule has 2 aliphatic heterocycles. The highest BCUT2D eigenvalue weighted by molar-refractivity contribution is 5.95. The predicted octanol–water partition coefficient (Wildman–Crippen LogP) is 3.11. The monoisotopic (exact) mass is 687 g/mol. The summed E-state index contributed by atoms with van der Waals surface area (Å²) in [5, 5.41) is 11.2. The highest BCUT2D eigenvalue weighted by atomic mass is 16.5. The first kappa shape index (κ1) is 37.2. The number of hydrogen-bond donors (Lipinski definition) is 4. The largest absolute Gasteiger partial charge is 0.496 e. The van der Waals surface area contributed by atoms with Crippen molar-refractivity contribution in [2.75, 3.05) is 33.9 Å². The van der Waals surface area contributed by atoms with Crippen molar-refractivity contribution >= 4 is 29.5 Å². The third-order valence-corrected chi connectivity index (χ3v) is 8.25. The van der Waals surface area contributed by atoms with Gasteiger partial charge in [0.25, 0.3) is 5.91 Å². The maximum Gasteiger partial charge on any atom is 0.251 e. The lowest BCUT2D eigenvalue weighted by Gasteiger charge is -2.24. The Morgan fingerprint density at radius 1 is 0.880 bits per heavy atom. The topological polar surface area (TPSA) is 164 Å². The Labute approximate surface area is 292 Å². The highest BCUT2D eigenvalue weighted by Crippen LogP contribution is 2.34. The molecule has 0 saturated heterocycles. The number of methoxy groups -OCH3 is 2. The van der Waals surface area contributed by atoms with Crippen LogP contribution in [-0.4, -0.2) is 80.4 Å². The van der Waals surface area contributed by atoms with E-state index in [1.165, 1.54) is 26.0 Å². The second-order valence-corrected chi connectivity index (χ2v) is 11.9. The van der Waals surface area contributed by atoms with E-state index in [1.54, 1.807) is 43.3 Å². The van der Waals surface area contributed by atoms with Crippen LogP contribution in [-0.2, 0) is 32.1 Å². The maximum atomic E-state index is 13.5. The normalized spacial score (nSPS) is 18.3. The molecule has 0 fully saturated rings. The molecule has 3 aromatic carbocycles. The van der Waals surface area contributed by atoms with Crippen LogP contribution in [0.5, 0.6) is 23.0 Å². The van der Waals surface area contributed by atoms with Gasteiger partial charge in [-0.2, -0.15) is 0 Å². The van der Waals surface area contributed by atoms with E-state index >= 15 is 0 Å². The molecule has 0 radical (unpaired) electrons. The first-order valence-corrected chi connectivity index (χ1v) is 16.6. The minimum absolute atomic E-state index is 0.0938.